The molecule has 0 saturated heterocycles. The first-order valence-corrected chi connectivity index (χ1v) is 7.75. The molecule has 0 atom stereocenters. The fraction of sp³-hybridized carbons (Fsp3) is 0.0714. The van der Waals surface area contributed by atoms with E-state index in [2.05, 4.69) is 42.5 Å². The lowest BCUT2D eigenvalue weighted by atomic mass is 10.3. The number of benzene rings is 2. The largest absolute Gasteiger partial charge is 0.376 e. The van der Waals surface area contributed by atoms with E-state index >= 15 is 0 Å². The fourth-order valence-corrected chi connectivity index (χ4v) is 2.29. The molecule has 0 aliphatic carbocycles. The van der Waals surface area contributed by atoms with Crippen LogP contribution in [0.5, 0.6) is 0 Å². The SMILES string of the molecule is O=C(CNc1ccc(Cl)c(Br)c1)Nc1ccc(Br)cc1. The Balaban J connectivity index is 1.88. The van der Waals surface area contributed by atoms with Crippen molar-refractivity contribution in [1.82, 2.24) is 0 Å². The van der Waals surface area contributed by atoms with Crippen LogP contribution in [-0.2, 0) is 4.79 Å². The van der Waals surface area contributed by atoms with Gasteiger partial charge in [-0.15, -0.1) is 0 Å². The summed E-state index contributed by atoms with van der Waals surface area (Å²) in [4.78, 5) is 11.8. The Labute approximate surface area is 139 Å². The first-order chi connectivity index (χ1) is 9.54. The van der Waals surface area contributed by atoms with E-state index in [0.29, 0.717) is 5.02 Å². The molecule has 20 heavy (non-hydrogen) atoms. The zero-order valence-electron chi connectivity index (χ0n) is 10.3. The third-order valence-electron chi connectivity index (χ3n) is 2.50. The zero-order chi connectivity index (χ0) is 14.5. The van der Waals surface area contributed by atoms with Crippen molar-refractivity contribution in [2.24, 2.45) is 0 Å². The van der Waals surface area contributed by atoms with Crippen LogP contribution in [0.15, 0.2) is 51.4 Å². The highest BCUT2D eigenvalue weighted by molar-refractivity contribution is 9.10. The third kappa shape index (κ3) is 4.51. The van der Waals surface area contributed by atoms with Crippen LogP contribution < -0.4 is 10.6 Å². The molecule has 2 N–H and O–H groups in total. The van der Waals surface area contributed by atoms with E-state index in [1.807, 2.05) is 36.4 Å². The molecular formula is C14H11Br2ClN2O. The molecule has 0 saturated carbocycles. The van der Waals surface area contributed by atoms with Gasteiger partial charge in [0.15, 0.2) is 0 Å². The number of amides is 1. The average Bonchev–Trinajstić information content (AvgIpc) is 2.43. The maximum absolute atomic E-state index is 11.8. The Bertz CT molecular complexity index is 617. The highest BCUT2D eigenvalue weighted by atomic mass is 79.9. The molecule has 2 aromatic carbocycles. The van der Waals surface area contributed by atoms with Crippen molar-refractivity contribution < 1.29 is 4.79 Å². The topological polar surface area (TPSA) is 41.1 Å². The van der Waals surface area contributed by atoms with Crippen molar-refractivity contribution in [3.05, 3.63) is 56.4 Å². The lowest BCUT2D eigenvalue weighted by Crippen LogP contribution is -2.21. The summed E-state index contributed by atoms with van der Waals surface area (Å²) in [5.74, 6) is -0.113. The Morgan fingerprint density at radius 2 is 1.70 bits per heavy atom. The second-order valence-corrected chi connectivity index (χ2v) is 6.21. The van der Waals surface area contributed by atoms with Crippen molar-refractivity contribution in [3.63, 3.8) is 0 Å². The molecule has 0 fully saturated rings. The Hall–Kier alpha value is -1.04. The van der Waals surface area contributed by atoms with Gasteiger partial charge in [0.05, 0.1) is 11.6 Å². The fourth-order valence-electron chi connectivity index (χ4n) is 1.53. The number of carbonyl (C=O) groups excluding carboxylic acids is 1. The Morgan fingerprint density at radius 3 is 2.35 bits per heavy atom. The number of nitrogens with one attached hydrogen (secondary N) is 2. The van der Waals surface area contributed by atoms with Crippen LogP contribution in [0.2, 0.25) is 5.02 Å². The van der Waals surface area contributed by atoms with Crippen LogP contribution in [0.1, 0.15) is 0 Å². The summed E-state index contributed by atoms with van der Waals surface area (Å²) >= 11 is 12.6. The molecule has 104 valence electrons. The predicted octanol–water partition coefficient (Wildman–Crippen LogP) is 4.92. The minimum atomic E-state index is -0.113. The molecular weight excluding hydrogens is 407 g/mol. The van der Waals surface area contributed by atoms with E-state index in [-0.39, 0.29) is 12.5 Å². The Morgan fingerprint density at radius 1 is 1.05 bits per heavy atom. The van der Waals surface area contributed by atoms with E-state index in [4.69, 9.17) is 11.6 Å². The standard InChI is InChI=1S/C14H11Br2ClN2O/c15-9-1-3-10(4-2-9)19-14(20)8-18-11-5-6-13(17)12(16)7-11/h1-7,18H,8H2,(H,19,20). The van der Waals surface area contributed by atoms with E-state index in [0.717, 1.165) is 20.3 Å². The van der Waals surface area contributed by atoms with Crippen LogP contribution in [0, 0.1) is 0 Å². The molecule has 0 aromatic heterocycles. The second-order valence-electron chi connectivity index (χ2n) is 4.04. The smallest absolute Gasteiger partial charge is 0.243 e. The van der Waals surface area contributed by atoms with Crippen molar-refractivity contribution in [2.45, 2.75) is 0 Å². The molecule has 0 unspecified atom stereocenters. The van der Waals surface area contributed by atoms with Gasteiger partial charge < -0.3 is 10.6 Å². The molecule has 1 amide bonds. The summed E-state index contributed by atoms with van der Waals surface area (Å²) in [5.41, 5.74) is 1.59. The monoisotopic (exact) mass is 416 g/mol. The molecule has 0 aliphatic heterocycles. The lowest BCUT2D eigenvalue weighted by molar-refractivity contribution is -0.114. The van der Waals surface area contributed by atoms with Crippen molar-refractivity contribution in [2.75, 3.05) is 17.2 Å². The molecule has 0 spiro atoms. The van der Waals surface area contributed by atoms with Crippen molar-refractivity contribution >= 4 is 60.7 Å². The lowest BCUT2D eigenvalue weighted by Gasteiger charge is -2.08. The van der Waals surface area contributed by atoms with Gasteiger partial charge in [-0.1, -0.05) is 27.5 Å². The molecule has 0 radical (unpaired) electrons. The van der Waals surface area contributed by atoms with E-state index in [1.54, 1.807) is 6.07 Å². The van der Waals surface area contributed by atoms with Gasteiger partial charge in [0, 0.05) is 20.3 Å². The van der Waals surface area contributed by atoms with Crippen molar-refractivity contribution in [3.8, 4) is 0 Å². The number of hydrogen-bond acceptors (Lipinski definition) is 2. The molecule has 6 heteroatoms. The molecule has 2 aromatic rings. The van der Waals surface area contributed by atoms with Crippen LogP contribution in [0.3, 0.4) is 0 Å². The summed E-state index contributed by atoms with van der Waals surface area (Å²) in [6, 6.07) is 12.8. The van der Waals surface area contributed by atoms with Gasteiger partial charge in [-0.2, -0.15) is 0 Å². The van der Waals surface area contributed by atoms with Gasteiger partial charge in [0.25, 0.3) is 0 Å². The number of halogens is 3. The Kier molecular flexibility index (Phi) is 5.46. The van der Waals surface area contributed by atoms with E-state index < -0.39 is 0 Å². The molecule has 0 aliphatic rings. The van der Waals surface area contributed by atoms with Crippen molar-refractivity contribution in [1.29, 1.82) is 0 Å². The summed E-state index contributed by atoms with van der Waals surface area (Å²) < 4.78 is 1.76. The maximum atomic E-state index is 11.8. The van der Waals surface area contributed by atoms with Gasteiger partial charge in [-0.25, -0.2) is 0 Å². The summed E-state index contributed by atoms with van der Waals surface area (Å²) in [7, 11) is 0. The zero-order valence-corrected chi connectivity index (χ0v) is 14.2. The number of carbonyl (C=O) groups is 1. The molecule has 2 rings (SSSR count). The third-order valence-corrected chi connectivity index (χ3v) is 4.24. The quantitative estimate of drug-likeness (QED) is 0.740. The van der Waals surface area contributed by atoms with Gasteiger partial charge in [0.2, 0.25) is 5.91 Å². The van der Waals surface area contributed by atoms with Gasteiger partial charge in [-0.05, 0) is 58.4 Å². The minimum absolute atomic E-state index is 0.113. The minimum Gasteiger partial charge on any atom is -0.376 e. The van der Waals surface area contributed by atoms with Crippen LogP contribution >= 0.6 is 43.5 Å². The second kappa shape index (κ2) is 7.11. The summed E-state index contributed by atoms with van der Waals surface area (Å²) in [6.07, 6.45) is 0. The van der Waals surface area contributed by atoms with Gasteiger partial charge in [0.1, 0.15) is 0 Å². The number of anilines is 2. The summed E-state index contributed by atoms with van der Waals surface area (Å²) in [5, 5.41) is 6.47. The molecule has 0 heterocycles. The van der Waals surface area contributed by atoms with E-state index in [1.165, 1.54) is 0 Å². The predicted molar refractivity (Wildman–Crippen MR) is 90.4 cm³/mol. The summed E-state index contributed by atoms with van der Waals surface area (Å²) in [6.45, 7) is 0.185. The number of rotatable bonds is 4. The average molecular weight is 419 g/mol. The maximum Gasteiger partial charge on any atom is 0.243 e. The van der Waals surface area contributed by atoms with Crippen LogP contribution in [-0.4, -0.2) is 12.5 Å². The van der Waals surface area contributed by atoms with Crippen LogP contribution in [0.4, 0.5) is 11.4 Å². The first kappa shape index (κ1) is 15.4. The normalized spacial score (nSPS) is 10.2. The number of hydrogen-bond donors (Lipinski definition) is 2. The van der Waals surface area contributed by atoms with Crippen LogP contribution in [0.25, 0.3) is 0 Å². The van der Waals surface area contributed by atoms with Gasteiger partial charge in [-0.3, -0.25) is 4.79 Å². The molecule has 0 bridgehead atoms. The first-order valence-electron chi connectivity index (χ1n) is 5.79. The highest BCUT2D eigenvalue weighted by Crippen LogP contribution is 2.25. The molecule has 3 nitrogen and oxygen atoms in total. The van der Waals surface area contributed by atoms with Gasteiger partial charge >= 0.3 is 0 Å². The highest BCUT2D eigenvalue weighted by Gasteiger charge is 2.03. The van der Waals surface area contributed by atoms with E-state index in [9.17, 15) is 4.79 Å².